The molecule has 114 valence electrons. The Morgan fingerprint density at radius 2 is 1.71 bits per heavy atom. The van der Waals surface area contributed by atoms with Crippen LogP contribution in [0.3, 0.4) is 0 Å². The Kier molecular flexibility index (Phi) is 5.33. The zero-order valence-corrected chi connectivity index (χ0v) is 12.7. The lowest BCUT2D eigenvalue weighted by molar-refractivity contribution is 0.0790. The minimum Gasteiger partial charge on any atom is -0.453 e. The largest absolute Gasteiger partial charge is 0.453 e. The molecule has 0 aliphatic carbocycles. The monoisotopic (exact) mass is 290 g/mol. The molecule has 0 unspecified atom stereocenters. The highest BCUT2D eigenvalue weighted by molar-refractivity contribution is 5.97. The van der Waals surface area contributed by atoms with Crippen LogP contribution in [-0.2, 0) is 11.2 Å². The number of carbonyl (C=O) groups is 2. The Bertz CT molecular complexity index is 491. The number of benzene rings is 1. The fourth-order valence-corrected chi connectivity index (χ4v) is 2.44. The van der Waals surface area contributed by atoms with E-state index < -0.39 is 0 Å². The number of ketones is 1. The molecule has 1 aliphatic heterocycles. The first-order valence-electron chi connectivity index (χ1n) is 7.31. The van der Waals surface area contributed by atoms with Crippen molar-refractivity contribution >= 4 is 11.9 Å². The lowest BCUT2D eigenvalue weighted by Gasteiger charge is -2.33. The van der Waals surface area contributed by atoms with E-state index in [-0.39, 0.29) is 11.9 Å². The standard InChI is InChI=1S/C16H22N2O3/c1-3-13-4-6-14(7-5-13)15(19)12-17-8-10-18(11-9-17)16(20)21-2/h4-7H,3,8-12H2,1-2H3. The number of amides is 1. The van der Waals surface area contributed by atoms with Crippen LogP contribution in [0.2, 0.25) is 0 Å². The van der Waals surface area contributed by atoms with Gasteiger partial charge >= 0.3 is 6.09 Å². The molecule has 1 fully saturated rings. The molecule has 0 atom stereocenters. The zero-order chi connectivity index (χ0) is 15.2. The number of aryl methyl sites for hydroxylation is 1. The quantitative estimate of drug-likeness (QED) is 0.794. The van der Waals surface area contributed by atoms with Crippen molar-refractivity contribution in [3.05, 3.63) is 35.4 Å². The molecule has 1 heterocycles. The van der Waals surface area contributed by atoms with Gasteiger partial charge in [-0.3, -0.25) is 9.69 Å². The summed E-state index contributed by atoms with van der Waals surface area (Å²) in [6.07, 6.45) is 0.681. The molecule has 1 aliphatic rings. The average molecular weight is 290 g/mol. The molecule has 0 bridgehead atoms. The molecule has 2 rings (SSSR count). The van der Waals surface area contributed by atoms with Crippen LogP contribution in [0.4, 0.5) is 4.79 Å². The maximum atomic E-state index is 12.2. The molecule has 5 heteroatoms. The molecule has 0 N–H and O–H groups in total. The minimum atomic E-state index is -0.295. The van der Waals surface area contributed by atoms with E-state index in [1.807, 2.05) is 24.3 Å². The number of hydrogen-bond donors (Lipinski definition) is 0. The van der Waals surface area contributed by atoms with Crippen molar-refractivity contribution in [1.82, 2.24) is 9.80 Å². The summed E-state index contributed by atoms with van der Waals surface area (Å²) in [7, 11) is 1.39. The van der Waals surface area contributed by atoms with Gasteiger partial charge < -0.3 is 9.64 Å². The summed E-state index contributed by atoms with van der Waals surface area (Å²) in [6.45, 7) is 5.11. The maximum absolute atomic E-state index is 12.2. The first-order chi connectivity index (χ1) is 10.1. The van der Waals surface area contributed by atoms with Crippen molar-refractivity contribution in [2.24, 2.45) is 0 Å². The van der Waals surface area contributed by atoms with Crippen molar-refractivity contribution in [3.8, 4) is 0 Å². The Balaban J connectivity index is 1.85. The second kappa shape index (κ2) is 7.22. The van der Waals surface area contributed by atoms with Crippen LogP contribution in [0, 0.1) is 0 Å². The number of carbonyl (C=O) groups excluding carboxylic acids is 2. The van der Waals surface area contributed by atoms with Crippen molar-refractivity contribution in [2.45, 2.75) is 13.3 Å². The van der Waals surface area contributed by atoms with Gasteiger partial charge in [0, 0.05) is 31.7 Å². The summed E-state index contributed by atoms with van der Waals surface area (Å²) < 4.78 is 4.70. The summed E-state index contributed by atoms with van der Waals surface area (Å²) >= 11 is 0. The summed E-state index contributed by atoms with van der Waals surface area (Å²) in [5.74, 6) is 0.129. The summed E-state index contributed by atoms with van der Waals surface area (Å²) in [5, 5.41) is 0. The topological polar surface area (TPSA) is 49.9 Å². The predicted octanol–water partition coefficient (Wildman–Crippen LogP) is 1.82. The van der Waals surface area contributed by atoms with E-state index in [4.69, 9.17) is 4.74 Å². The van der Waals surface area contributed by atoms with E-state index in [0.29, 0.717) is 32.7 Å². The van der Waals surface area contributed by atoms with E-state index in [1.165, 1.54) is 12.7 Å². The van der Waals surface area contributed by atoms with Crippen molar-refractivity contribution in [3.63, 3.8) is 0 Å². The molecule has 0 spiro atoms. The van der Waals surface area contributed by atoms with Gasteiger partial charge in [-0.25, -0.2) is 4.79 Å². The molecule has 0 aromatic heterocycles. The Labute approximate surface area is 125 Å². The molecule has 21 heavy (non-hydrogen) atoms. The number of hydrogen-bond acceptors (Lipinski definition) is 4. The third-order valence-electron chi connectivity index (χ3n) is 3.86. The van der Waals surface area contributed by atoms with E-state index in [0.717, 1.165) is 12.0 Å². The second-order valence-corrected chi connectivity index (χ2v) is 5.21. The SMILES string of the molecule is CCc1ccc(C(=O)CN2CCN(C(=O)OC)CC2)cc1. The van der Waals surface area contributed by atoms with Crippen molar-refractivity contribution < 1.29 is 14.3 Å². The fourth-order valence-electron chi connectivity index (χ4n) is 2.44. The van der Waals surface area contributed by atoms with Crippen molar-refractivity contribution in [2.75, 3.05) is 39.8 Å². The molecule has 0 radical (unpaired) electrons. The smallest absolute Gasteiger partial charge is 0.409 e. The highest BCUT2D eigenvalue weighted by Gasteiger charge is 2.22. The first-order valence-corrected chi connectivity index (χ1v) is 7.31. The number of piperazine rings is 1. The van der Waals surface area contributed by atoms with Crippen LogP contribution in [0.5, 0.6) is 0 Å². The van der Waals surface area contributed by atoms with E-state index in [2.05, 4.69) is 11.8 Å². The van der Waals surface area contributed by atoms with E-state index in [9.17, 15) is 9.59 Å². The van der Waals surface area contributed by atoms with Crippen LogP contribution >= 0.6 is 0 Å². The van der Waals surface area contributed by atoms with Gasteiger partial charge in [0.25, 0.3) is 0 Å². The van der Waals surface area contributed by atoms with Crippen LogP contribution in [0.1, 0.15) is 22.8 Å². The normalized spacial score (nSPS) is 15.8. The molecule has 1 aromatic rings. The Hall–Kier alpha value is -1.88. The van der Waals surface area contributed by atoms with Gasteiger partial charge in [-0.05, 0) is 12.0 Å². The molecule has 0 saturated carbocycles. The summed E-state index contributed by atoms with van der Waals surface area (Å²) in [6, 6.07) is 7.79. The lowest BCUT2D eigenvalue weighted by Crippen LogP contribution is -2.49. The van der Waals surface area contributed by atoms with Gasteiger partial charge in [-0.2, -0.15) is 0 Å². The Morgan fingerprint density at radius 1 is 1.10 bits per heavy atom. The van der Waals surface area contributed by atoms with Gasteiger partial charge in [0.05, 0.1) is 13.7 Å². The molecule has 5 nitrogen and oxygen atoms in total. The van der Waals surface area contributed by atoms with E-state index in [1.54, 1.807) is 4.90 Å². The van der Waals surface area contributed by atoms with Gasteiger partial charge in [0.2, 0.25) is 0 Å². The minimum absolute atomic E-state index is 0.129. The van der Waals surface area contributed by atoms with Crippen LogP contribution in [0.15, 0.2) is 24.3 Å². The predicted molar refractivity (Wildman–Crippen MR) is 80.6 cm³/mol. The molecule has 1 amide bonds. The zero-order valence-electron chi connectivity index (χ0n) is 12.7. The fraction of sp³-hybridized carbons (Fsp3) is 0.500. The number of Topliss-reactive ketones (excluding diaryl/α,β-unsaturated/α-hetero) is 1. The second-order valence-electron chi connectivity index (χ2n) is 5.21. The highest BCUT2D eigenvalue weighted by Crippen LogP contribution is 2.09. The number of nitrogens with zero attached hydrogens (tertiary/aromatic N) is 2. The maximum Gasteiger partial charge on any atom is 0.409 e. The number of ether oxygens (including phenoxy) is 1. The van der Waals surface area contributed by atoms with Gasteiger partial charge in [-0.1, -0.05) is 31.2 Å². The van der Waals surface area contributed by atoms with Crippen LogP contribution in [0.25, 0.3) is 0 Å². The lowest BCUT2D eigenvalue weighted by atomic mass is 10.1. The molecule has 1 saturated heterocycles. The average Bonchev–Trinajstić information content (AvgIpc) is 2.55. The van der Waals surface area contributed by atoms with Crippen LogP contribution in [-0.4, -0.2) is 61.5 Å². The van der Waals surface area contributed by atoms with Gasteiger partial charge in [0.1, 0.15) is 0 Å². The molecule has 1 aromatic carbocycles. The van der Waals surface area contributed by atoms with Gasteiger partial charge in [0.15, 0.2) is 5.78 Å². The third kappa shape index (κ3) is 4.04. The molecular formula is C16H22N2O3. The van der Waals surface area contributed by atoms with E-state index >= 15 is 0 Å². The molecular weight excluding hydrogens is 268 g/mol. The summed E-state index contributed by atoms with van der Waals surface area (Å²) in [5.41, 5.74) is 1.99. The van der Waals surface area contributed by atoms with Gasteiger partial charge in [-0.15, -0.1) is 0 Å². The summed E-state index contributed by atoms with van der Waals surface area (Å²) in [4.78, 5) is 27.4. The highest BCUT2D eigenvalue weighted by atomic mass is 16.5. The Morgan fingerprint density at radius 3 is 2.24 bits per heavy atom. The third-order valence-corrected chi connectivity index (χ3v) is 3.86. The number of rotatable bonds is 4. The number of methoxy groups -OCH3 is 1. The van der Waals surface area contributed by atoms with Crippen molar-refractivity contribution in [1.29, 1.82) is 0 Å². The first kappa shape index (κ1) is 15.5. The van der Waals surface area contributed by atoms with Crippen LogP contribution < -0.4 is 0 Å².